The first-order chi connectivity index (χ1) is 6.68. The maximum absolute atomic E-state index is 12.4. The molecule has 1 aromatic heterocycles. The average molecular weight is 198 g/mol. The standard InChI is InChI=1S/C9H8F2N2O/c10-9(11)5-1-7-6(8(14)2-5)3-12-4-13-7/h3-5,9H,1-2H2/t5-/m1/s1. The van der Waals surface area contributed by atoms with Crippen LogP contribution in [0.1, 0.15) is 22.5 Å². The molecule has 0 aromatic carbocycles. The number of carbonyl (C=O) groups is 1. The lowest BCUT2D eigenvalue weighted by Gasteiger charge is -2.21. The van der Waals surface area contributed by atoms with Crippen molar-refractivity contribution < 1.29 is 13.6 Å². The van der Waals surface area contributed by atoms with Gasteiger partial charge in [-0.3, -0.25) is 4.79 Å². The minimum Gasteiger partial charge on any atom is -0.294 e. The van der Waals surface area contributed by atoms with E-state index in [0.29, 0.717) is 11.3 Å². The van der Waals surface area contributed by atoms with Crippen molar-refractivity contribution in [3.63, 3.8) is 0 Å². The number of carbonyl (C=O) groups excluding carboxylic acids is 1. The Hall–Kier alpha value is -1.39. The molecule has 0 fully saturated rings. The Balaban J connectivity index is 2.33. The van der Waals surface area contributed by atoms with Gasteiger partial charge in [0, 0.05) is 18.5 Å². The Kier molecular flexibility index (Phi) is 2.23. The fraction of sp³-hybridized carbons (Fsp3) is 0.444. The quantitative estimate of drug-likeness (QED) is 0.686. The van der Waals surface area contributed by atoms with Gasteiger partial charge in [-0.25, -0.2) is 18.7 Å². The Bertz CT molecular complexity index is 368. The molecule has 0 saturated carbocycles. The van der Waals surface area contributed by atoms with Crippen LogP contribution in [0.25, 0.3) is 0 Å². The van der Waals surface area contributed by atoms with E-state index in [2.05, 4.69) is 9.97 Å². The number of hydrogen-bond donors (Lipinski definition) is 0. The molecule has 1 atom stereocenters. The van der Waals surface area contributed by atoms with Gasteiger partial charge in [-0.05, 0) is 6.42 Å². The molecule has 0 unspecified atom stereocenters. The Morgan fingerprint density at radius 3 is 2.93 bits per heavy atom. The normalized spacial score (nSPS) is 21.1. The van der Waals surface area contributed by atoms with Crippen molar-refractivity contribution >= 4 is 5.78 Å². The molecular formula is C9H8F2N2O. The lowest BCUT2D eigenvalue weighted by Crippen LogP contribution is -2.26. The van der Waals surface area contributed by atoms with E-state index in [9.17, 15) is 13.6 Å². The van der Waals surface area contributed by atoms with Gasteiger partial charge in [0.15, 0.2) is 5.78 Å². The lowest BCUT2D eigenvalue weighted by atomic mass is 9.87. The molecule has 0 N–H and O–H groups in total. The number of nitrogens with zero attached hydrogens (tertiary/aromatic N) is 2. The molecule has 0 aliphatic heterocycles. The first kappa shape index (κ1) is 9.18. The van der Waals surface area contributed by atoms with Crippen LogP contribution in [0.4, 0.5) is 8.78 Å². The van der Waals surface area contributed by atoms with Crippen molar-refractivity contribution in [2.75, 3.05) is 0 Å². The fourth-order valence-electron chi connectivity index (χ4n) is 1.60. The average Bonchev–Trinajstić information content (AvgIpc) is 2.17. The van der Waals surface area contributed by atoms with Crippen molar-refractivity contribution in [1.82, 2.24) is 9.97 Å². The van der Waals surface area contributed by atoms with Crippen molar-refractivity contribution in [1.29, 1.82) is 0 Å². The van der Waals surface area contributed by atoms with Gasteiger partial charge in [-0.15, -0.1) is 0 Å². The second kappa shape index (κ2) is 3.40. The van der Waals surface area contributed by atoms with Crippen LogP contribution in [0.5, 0.6) is 0 Å². The molecule has 14 heavy (non-hydrogen) atoms. The number of hydrogen-bond acceptors (Lipinski definition) is 3. The molecular weight excluding hydrogens is 190 g/mol. The van der Waals surface area contributed by atoms with E-state index in [-0.39, 0.29) is 18.6 Å². The van der Waals surface area contributed by atoms with Crippen LogP contribution < -0.4 is 0 Å². The van der Waals surface area contributed by atoms with Gasteiger partial charge >= 0.3 is 0 Å². The van der Waals surface area contributed by atoms with Crippen LogP contribution in [0.3, 0.4) is 0 Å². The van der Waals surface area contributed by atoms with Crippen LogP contribution in [-0.2, 0) is 6.42 Å². The maximum atomic E-state index is 12.4. The summed E-state index contributed by atoms with van der Waals surface area (Å²) in [5.74, 6) is -1.16. The van der Waals surface area contributed by atoms with Gasteiger partial charge < -0.3 is 0 Å². The summed E-state index contributed by atoms with van der Waals surface area (Å²) in [5, 5.41) is 0. The zero-order valence-corrected chi connectivity index (χ0v) is 7.28. The summed E-state index contributed by atoms with van der Waals surface area (Å²) in [6.45, 7) is 0. The SMILES string of the molecule is O=C1C[C@H](C(F)F)Cc2ncncc21. The van der Waals surface area contributed by atoms with Crippen LogP contribution >= 0.6 is 0 Å². The summed E-state index contributed by atoms with van der Waals surface area (Å²) in [5.41, 5.74) is 0.839. The Morgan fingerprint density at radius 2 is 2.21 bits per heavy atom. The molecule has 5 heteroatoms. The molecule has 1 aliphatic carbocycles. The number of rotatable bonds is 1. The molecule has 0 radical (unpaired) electrons. The number of aromatic nitrogens is 2. The molecule has 0 bridgehead atoms. The van der Waals surface area contributed by atoms with Crippen LogP contribution in [0, 0.1) is 5.92 Å². The maximum Gasteiger partial charge on any atom is 0.242 e. The van der Waals surface area contributed by atoms with Gasteiger partial charge in [-0.1, -0.05) is 0 Å². The minimum absolute atomic E-state index is 0.0992. The third-order valence-corrected chi connectivity index (χ3v) is 2.35. The van der Waals surface area contributed by atoms with E-state index >= 15 is 0 Å². The second-order valence-corrected chi connectivity index (χ2v) is 3.31. The minimum atomic E-state index is -2.46. The van der Waals surface area contributed by atoms with Crippen LogP contribution in [0.15, 0.2) is 12.5 Å². The fourth-order valence-corrected chi connectivity index (χ4v) is 1.60. The summed E-state index contributed by atoms with van der Waals surface area (Å²) in [6.07, 6.45) is 0.285. The molecule has 1 aliphatic rings. The first-order valence-electron chi connectivity index (χ1n) is 4.28. The third-order valence-electron chi connectivity index (χ3n) is 2.35. The van der Waals surface area contributed by atoms with E-state index in [0.717, 1.165) is 0 Å². The summed E-state index contributed by atoms with van der Waals surface area (Å²) in [4.78, 5) is 18.9. The Labute approximate surface area is 79.2 Å². The smallest absolute Gasteiger partial charge is 0.242 e. The monoisotopic (exact) mass is 198 g/mol. The van der Waals surface area contributed by atoms with Gasteiger partial charge in [0.25, 0.3) is 0 Å². The number of ketones is 1. The van der Waals surface area contributed by atoms with E-state index < -0.39 is 12.3 Å². The Morgan fingerprint density at radius 1 is 1.43 bits per heavy atom. The molecule has 3 nitrogen and oxygen atoms in total. The van der Waals surface area contributed by atoms with Gasteiger partial charge in [0.05, 0.1) is 11.3 Å². The highest BCUT2D eigenvalue weighted by Crippen LogP contribution is 2.27. The van der Waals surface area contributed by atoms with Crippen molar-refractivity contribution in [3.8, 4) is 0 Å². The predicted octanol–water partition coefficient (Wildman–Crippen LogP) is 1.49. The van der Waals surface area contributed by atoms with E-state index in [1.165, 1.54) is 12.5 Å². The second-order valence-electron chi connectivity index (χ2n) is 3.31. The summed E-state index contributed by atoms with van der Waals surface area (Å²) >= 11 is 0. The van der Waals surface area contributed by atoms with E-state index in [1.807, 2.05) is 0 Å². The zero-order valence-electron chi connectivity index (χ0n) is 7.28. The molecule has 0 spiro atoms. The number of halogens is 2. The first-order valence-corrected chi connectivity index (χ1v) is 4.28. The highest BCUT2D eigenvalue weighted by atomic mass is 19.3. The van der Waals surface area contributed by atoms with Crippen molar-refractivity contribution in [2.45, 2.75) is 19.3 Å². The summed E-state index contributed by atoms with van der Waals surface area (Å²) < 4.78 is 24.8. The molecule has 74 valence electrons. The molecule has 1 aromatic rings. The van der Waals surface area contributed by atoms with Crippen LogP contribution in [0.2, 0.25) is 0 Å². The van der Waals surface area contributed by atoms with Gasteiger partial charge in [0.2, 0.25) is 6.43 Å². The van der Waals surface area contributed by atoms with Gasteiger partial charge in [0.1, 0.15) is 6.33 Å². The number of fused-ring (bicyclic) bond motifs is 1. The third kappa shape index (κ3) is 1.49. The highest BCUT2D eigenvalue weighted by Gasteiger charge is 2.31. The number of alkyl halides is 2. The van der Waals surface area contributed by atoms with E-state index in [1.54, 1.807) is 0 Å². The van der Waals surface area contributed by atoms with Crippen LogP contribution in [-0.4, -0.2) is 22.2 Å². The van der Waals surface area contributed by atoms with Crippen molar-refractivity contribution in [3.05, 3.63) is 23.8 Å². The van der Waals surface area contributed by atoms with Crippen molar-refractivity contribution in [2.24, 2.45) is 5.92 Å². The van der Waals surface area contributed by atoms with E-state index in [4.69, 9.17) is 0 Å². The predicted molar refractivity (Wildman–Crippen MR) is 44.2 cm³/mol. The highest BCUT2D eigenvalue weighted by molar-refractivity contribution is 5.97. The molecule has 1 heterocycles. The molecule has 0 saturated heterocycles. The molecule has 0 amide bonds. The lowest BCUT2D eigenvalue weighted by molar-refractivity contribution is 0.0591. The largest absolute Gasteiger partial charge is 0.294 e. The topological polar surface area (TPSA) is 42.9 Å². The summed E-state index contributed by atoms with van der Waals surface area (Å²) in [7, 11) is 0. The molecule has 2 rings (SSSR count). The zero-order chi connectivity index (χ0) is 10.1. The summed E-state index contributed by atoms with van der Waals surface area (Å²) in [6, 6.07) is 0. The van der Waals surface area contributed by atoms with Gasteiger partial charge in [-0.2, -0.15) is 0 Å². The number of Topliss-reactive ketones (excluding diaryl/α,β-unsaturated/α-hetero) is 1.